The molecule has 1 heterocycles. The summed E-state index contributed by atoms with van der Waals surface area (Å²) in [5, 5.41) is 3.68. The first-order valence-corrected chi connectivity index (χ1v) is 8.27. The van der Waals surface area contributed by atoms with Gasteiger partial charge in [0.1, 0.15) is 0 Å². The van der Waals surface area contributed by atoms with Gasteiger partial charge in [-0.05, 0) is 42.7 Å². The summed E-state index contributed by atoms with van der Waals surface area (Å²) in [6.45, 7) is 6.38. The molecule has 1 aliphatic carbocycles. The predicted molar refractivity (Wildman–Crippen MR) is 86.5 cm³/mol. The van der Waals surface area contributed by atoms with Crippen LogP contribution in [0.5, 0.6) is 0 Å². The molecule has 0 saturated heterocycles. The summed E-state index contributed by atoms with van der Waals surface area (Å²) < 4.78 is 0. The van der Waals surface area contributed by atoms with Gasteiger partial charge < -0.3 is 10.2 Å². The molecule has 0 radical (unpaired) electrons. The fraction of sp³-hybridized carbons (Fsp3) is 0.611. The van der Waals surface area contributed by atoms with Crippen LogP contribution in [0.15, 0.2) is 24.3 Å². The van der Waals surface area contributed by atoms with Gasteiger partial charge in [-0.15, -0.1) is 0 Å². The first-order chi connectivity index (χ1) is 10.1. The molecule has 1 N–H and O–H groups in total. The maximum absolute atomic E-state index is 12.1. The third-order valence-electron chi connectivity index (χ3n) is 5.10. The average Bonchev–Trinajstić information content (AvgIpc) is 2.77. The number of benzene rings is 1. The third-order valence-corrected chi connectivity index (χ3v) is 5.10. The van der Waals surface area contributed by atoms with Crippen LogP contribution >= 0.6 is 0 Å². The number of amides is 1. The lowest BCUT2D eigenvalue weighted by Gasteiger charge is -2.33. The largest absolute Gasteiger partial charge is 0.312 e. The van der Waals surface area contributed by atoms with Crippen molar-refractivity contribution in [1.82, 2.24) is 5.32 Å². The van der Waals surface area contributed by atoms with Crippen LogP contribution in [0.2, 0.25) is 0 Å². The normalized spacial score (nSPS) is 28.8. The molecule has 114 valence electrons. The van der Waals surface area contributed by atoms with E-state index in [4.69, 9.17) is 0 Å². The molecule has 3 rings (SSSR count). The summed E-state index contributed by atoms with van der Waals surface area (Å²) in [4.78, 5) is 14.1. The fourth-order valence-electron chi connectivity index (χ4n) is 3.89. The van der Waals surface area contributed by atoms with Crippen molar-refractivity contribution in [3.05, 3.63) is 29.8 Å². The zero-order valence-electron chi connectivity index (χ0n) is 13.1. The minimum Gasteiger partial charge on any atom is -0.312 e. The SMILES string of the molecule is C[C@@H]1CC[C@H](NCCN2C(=O)Cc3ccccc32)[C@H](C)C1. The zero-order chi connectivity index (χ0) is 14.8. The van der Waals surface area contributed by atoms with Gasteiger partial charge in [0.2, 0.25) is 5.91 Å². The Bertz CT molecular complexity index is 514. The van der Waals surface area contributed by atoms with Crippen LogP contribution in [0.4, 0.5) is 5.69 Å². The minimum absolute atomic E-state index is 0.239. The summed E-state index contributed by atoms with van der Waals surface area (Å²) in [6, 6.07) is 8.77. The van der Waals surface area contributed by atoms with E-state index in [0.717, 1.165) is 30.6 Å². The van der Waals surface area contributed by atoms with E-state index >= 15 is 0 Å². The van der Waals surface area contributed by atoms with Crippen LogP contribution in [0, 0.1) is 11.8 Å². The number of hydrogen-bond acceptors (Lipinski definition) is 2. The molecular formula is C18H26N2O. The number of nitrogens with zero attached hydrogens (tertiary/aromatic N) is 1. The Kier molecular flexibility index (Phi) is 4.29. The lowest BCUT2D eigenvalue weighted by molar-refractivity contribution is -0.117. The smallest absolute Gasteiger partial charge is 0.231 e. The van der Waals surface area contributed by atoms with Crippen LogP contribution < -0.4 is 10.2 Å². The molecule has 0 aromatic heterocycles. The van der Waals surface area contributed by atoms with Gasteiger partial charge in [-0.3, -0.25) is 4.79 Å². The van der Waals surface area contributed by atoms with Crippen molar-refractivity contribution in [2.45, 2.75) is 45.6 Å². The molecule has 0 spiro atoms. The van der Waals surface area contributed by atoms with Crippen LogP contribution in [-0.4, -0.2) is 25.0 Å². The number of hydrogen-bond donors (Lipinski definition) is 1. The van der Waals surface area contributed by atoms with Crippen molar-refractivity contribution in [3.8, 4) is 0 Å². The molecular weight excluding hydrogens is 260 g/mol. The van der Waals surface area contributed by atoms with Gasteiger partial charge in [0, 0.05) is 24.8 Å². The Labute approximate surface area is 127 Å². The Morgan fingerprint density at radius 3 is 2.86 bits per heavy atom. The molecule has 1 amide bonds. The second-order valence-corrected chi connectivity index (χ2v) is 6.81. The van der Waals surface area contributed by atoms with Crippen molar-refractivity contribution in [3.63, 3.8) is 0 Å². The minimum atomic E-state index is 0.239. The predicted octanol–water partition coefficient (Wildman–Crippen LogP) is 2.99. The highest BCUT2D eigenvalue weighted by atomic mass is 16.2. The molecule has 1 saturated carbocycles. The maximum atomic E-state index is 12.1. The summed E-state index contributed by atoms with van der Waals surface area (Å²) in [6.07, 6.45) is 4.48. The number of nitrogens with one attached hydrogen (secondary N) is 1. The maximum Gasteiger partial charge on any atom is 0.231 e. The van der Waals surface area contributed by atoms with Crippen molar-refractivity contribution < 1.29 is 4.79 Å². The molecule has 3 atom stereocenters. The highest BCUT2D eigenvalue weighted by Crippen LogP contribution is 2.29. The van der Waals surface area contributed by atoms with E-state index in [0.29, 0.717) is 12.5 Å². The molecule has 1 aliphatic heterocycles. The van der Waals surface area contributed by atoms with Crippen molar-refractivity contribution >= 4 is 11.6 Å². The van der Waals surface area contributed by atoms with E-state index in [1.165, 1.54) is 24.8 Å². The second-order valence-electron chi connectivity index (χ2n) is 6.81. The Morgan fingerprint density at radius 2 is 2.05 bits per heavy atom. The summed E-state index contributed by atoms with van der Waals surface area (Å²) >= 11 is 0. The van der Waals surface area contributed by atoms with Gasteiger partial charge in [-0.25, -0.2) is 0 Å². The quantitative estimate of drug-likeness (QED) is 0.923. The third kappa shape index (κ3) is 3.13. The molecule has 1 aromatic rings. The Balaban J connectivity index is 1.53. The molecule has 3 nitrogen and oxygen atoms in total. The fourth-order valence-corrected chi connectivity index (χ4v) is 3.89. The van der Waals surface area contributed by atoms with Gasteiger partial charge in [0.15, 0.2) is 0 Å². The average molecular weight is 286 g/mol. The highest BCUT2D eigenvalue weighted by molar-refractivity contribution is 6.01. The molecule has 2 aliphatic rings. The first-order valence-electron chi connectivity index (χ1n) is 8.27. The Hall–Kier alpha value is -1.35. The van der Waals surface area contributed by atoms with Gasteiger partial charge in [-0.1, -0.05) is 32.0 Å². The standard InChI is InChI=1S/C18H26N2O/c1-13-7-8-16(14(2)11-13)19-9-10-20-17-6-4-3-5-15(17)12-18(20)21/h3-6,13-14,16,19H,7-12H2,1-2H3/t13-,14-,16+/m1/s1. The first kappa shape index (κ1) is 14.6. The van der Waals surface area contributed by atoms with E-state index in [-0.39, 0.29) is 5.91 Å². The lowest BCUT2D eigenvalue weighted by atomic mass is 9.80. The van der Waals surface area contributed by atoms with Gasteiger partial charge in [0.25, 0.3) is 0 Å². The van der Waals surface area contributed by atoms with Crippen LogP contribution in [-0.2, 0) is 11.2 Å². The number of para-hydroxylation sites is 1. The van der Waals surface area contributed by atoms with E-state index in [2.05, 4.69) is 31.3 Å². The second kappa shape index (κ2) is 6.18. The van der Waals surface area contributed by atoms with E-state index in [9.17, 15) is 4.79 Å². The lowest BCUT2D eigenvalue weighted by Crippen LogP contribution is -2.43. The zero-order valence-corrected chi connectivity index (χ0v) is 13.1. The van der Waals surface area contributed by atoms with Crippen LogP contribution in [0.1, 0.15) is 38.7 Å². The van der Waals surface area contributed by atoms with Gasteiger partial charge in [-0.2, -0.15) is 0 Å². The topological polar surface area (TPSA) is 32.3 Å². The number of rotatable bonds is 4. The molecule has 1 fully saturated rings. The van der Waals surface area contributed by atoms with Gasteiger partial charge in [0.05, 0.1) is 6.42 Å². The van der Waals surface area contributed by atoms with Crippen molar-refractivity contribution in [1.29, 1.82) is 0 Å². The number of anilines is 1. The monoisotopic (exact) mass is 286 g/mol. The summed E-state index contributed by atoms with van der Waals surface area (Å²) in [5.74, 6) is 1.85. The molecule has 21 heavy (non-hydrogen) atoms. The summed E-state index contributed by atoms with van der Waals surface area (Å²) in [5.41, 5.74) is 2.27. The highest BCUT2D eigenvalue weighted by Gasteiger charge is 2.28. The van der Waals surface area contributed by atoms with E-state index < -0.39 is 0 Å². The van der Waals surface area contributed by atoms with E-state index in [1.54, 1.807) is 0 Å². The van der Waals surface area contributed by atoms with Gasteiger partial charge >= 0.3 is 0 Å². The number of carbonyl (C=O) groups excluding carboxylic acids is 1. The molecule has 0 bridgehead atoms. The van der Waals surface area contributed by atoms with Crippen molar-refractivity contribution in [2.24, 2.45) is 11.8 Å². The van der Waals surface area contributed by atoms with E-state index in [1.807, 2.05) is 17.0 Å². The Morgan fingerprint density at radius 1 is 1.24 bits per heavy atom. The molecule has 0 unspecified atom stereocenters. The number of carbonyl (C=O) groups is 1. The molecule has 1 aromatic carbocycles. The van der Waals surface area contributed by atoms with Crippen LogP contribution in [0.3, 0.4) is 0 Å². The summed E-state index contributed by atoms with van der Waals surface area (Å²) in [7, 11) is 0. The van der Waals surface area contributed by atoms with Crippen LogP contribution in [0.25, 0.3) is 0 Å². The number of fused-ring (bicyclic) bond motifs is 1. The van der Waals surface area contributed by atoms with Crippen molar-refractivity contribution in [2.75, 3.05) is 18.0 Å². The molecule has 3 heteroatoms.